The van der Waals surface area contributed by atoms with E-state index >= 15 is 0 Å². The van der Waals surface area contributed by atoms with E-state index in [1.165, 1.54) is 0 Å². The Balaban J connectivity index is 2.49. The van der Waals surface area contributed by atoms with Gasteiger partial charge in [0.2, 0.25) is 10.0 Å². The SMILES string of the molecule is CCc1nc(Br)cc(NCCNS(C)(=O)=O)n1. The van der Waals surface area contributed by atoms with Crippen molar-refractivity contribution < 1.29 is 8.42 Å². The molecule has 8 heteroatoms. The number of anilines is 1. The molecule has 1 aromatic rings. The van der Waals surface area contributed by atoms with Crippen LogP contribution in [0.3, 0.4) is 0 Å². The van der Waals surface area contributed by atoms with E-state index in [0.29, 0.717) is 23.5 Å². The van der Waals surface area contributed by atoms with E-state index in [0.717, 1.165) is 18.5 Å². The fourth-order valence-corrected chi connectivity index (χ4v) is 2.03. The van der Waals surface area contributed by atoms with Crippen molar-refractivity contribution in [2.75, 3.05) is 24.7 Å². The fourth-order valence-electron chi connectivity index (χ4n) is 1.14. The number of aromatic nitrogens is 2. The lowest BCUT2D eigenvalue weighted by atomic mass is 10.4. The molecule has 0 aliphatic rings. The van der Waals surface area contributed by atoms with Gasteiger partial charge in [-0.05, 0) is 15.9 Å². The molecule has 1 aromatic heterocycles. The highest BCUT2D eigenvalue weighted by Crippen LogP contribution is 2.12. The molecular formula is C9H15BrN4O2S. The third kappa shape index (κ3) is 5.94. The van der Waals surface area contributed by atoms with E-state index in [4.69, 9.17) is 0 Å². The maximum Gasteiger partial charge on any atom is 0.208 e. The molecule has 17 heavy (non-hydrogen) atoms. The van der Waals surface area contributed by atoms with Crippen molar-refractivity contribution in [3.8, 4) is 0 Å². The predicted octanol–water partition coefficient (Wildman–Crippen LogP) is 0.763. The van der Waals surface area contributed by atoms with Gasteiger partial charge in [-0.3, -0.25) is 0 Å². The lowest BCUT2D eigenvalue weighted by Gasteiger charge is -2.07. The van der Waals surface area contributed by atoms with Gasteiger partial charge in [0.1, 0.15) is 16.2 Å². The second-order valence-electron chi connectivity index (χ2n) is 3.44. The number of halogens is 1. The van der Waals surface area contributed by atoms with Crippen LogP contribution in [-0.4, -0.2) is 37.7 Å². The summed E-state index contributed by atoms with van der Waals surface area (Å²) < 4.78 is 24.8. The molecule has 2 N–H and O–H groups in total. The second kappa shape index (κ2) is 6.27. The predicted molar refractivity (Wildman–Crippen MR) is 70.4 cm³/mol. The average Bonchev–Trinajstić information content (AvgIpc) is 2.22. The van der Waals surface area contributed by atoms with Gasteiger partial charge in [-0.1, -0.05) is 6.92 Å². The van der Waals surface area contributed by atoms with Crippen LogP contribution in [0.25, 0.3) is 0 Å². The smallest absolute Gasteiger partial charge is 0.208 e. The van der Waals surface area contributed by atoms with Gasteiger partial charge in [-0.2, -0.15) is 0 Å². The molecule has 96 valence electrons. The van der Waals surface area contributed by atoms with Gasteiger partial charge < -0.3 is 5.32 Å². The Kier molecular flexibility index (Phi) is 5.29. The maximum absolute atomic E-state index is 10.8. The Hall–Kier alpha value is -0.730. The van der Waals surface area contributed by atoms with E-state index in [-0.39, 0.29) is 0 Å². The van der Waals surface area contributed by atoms with Gasteiger partial charge in [0, 0.05) is 25.6 Å². The highest BCUT2D eigenvalue weighted by atomic mass is 79.9. The first-order chi connectivity index (χ1) is 7.90. The third-order valence-electron chi connectivity index (χ3n) is 1.85. The van der Waals surface area contributed by atoms with Crippen molar-refractivity contribution in [3.05, 3.63) is 16.5 Å². The summed E-state index contributed by atoms with van der Waals surface area (Å²) in [5, 5.41) is 3.02. The Bertz CT molecular complexity index is 478. The molecule has 1 rings (SSSR count). The fraction of sp³-hybridized carbons (Fsp3) is 0.556. The van der Waals surface area contributed by atoms with Crippen LogP contribution in [0.15, 0.2) is 10.7 Å². The monoisotopic (exact) mass is 322 g/mol. The van der Waals surface area contributed by atoms with Crippen molar-refractivity contribution >= 4 is 31.8 Å². The number of nitrogens with zero attached hydrogens (tertiary/aromatic N) is 2. The van der Waals surface area contributed by atoms with Crippen molar-refractivity contribution in [2.45, 2.75) is 13.3 Å². The first-order valence-corrected chi connectivity index (χ1v) is 7.81. The molecule has 0 bridgehead atoms. The highest BCUT2D eigenvalue weighted by Gasteiger charge is 2.02. The molecular weight excluding hydrogens is 308 g/mol. The van der Waals surface area contributed by atoms with Gasteiger partial charge in [0.15, 0.2) is 0 Å². The molecule has 0 fully saturated rings. The van der Waals surface area contributed by atoms with E-state index in [1.807, 2.05) is 6.92 Å². The van der Waals surface area contributed by atoms with Crippen LogP contribution < -0.4 is 10.0 Å². The Morgan fingerprint density at radius 3 is 2.65 bits per heavy atom. The largest absolute Gasteiger partial charge is 0.369 e. The maximum atomic E-state index is 10.8. The number of nitrogens with one attached hydrogen (secondary N) is 2. The van der Waals surface area contributed by atoms with Crippen LogP contribution in [-0.2, 0) is 16.4 Å². The molecule has 0 aliphatic carbocycles. The third-order valence-corrected chi connectivity index (χ3v) is 2.99. The number of aryl methyl sites for hydroxylation is 1. The molecule has 0 aliphatic heterocycles. The van der Waals surface area contributed by atoms with E-state index in [1.54, 1.807) is 6.07 Å². The summed E-state index contributed by atoms with van der Waals surface area (Å²) >= 11 is 3.29. The lowest BCUT2D eigenvalue weighted by Crippen LogP contribution is -2.27. The van der Waals surface area contributed by atoms with Crippen molar-refractivity contribution in [2.24, 2.45) is 0 Å². The molecule has 0 aromatic carbocycles. The molecule has 0 saturated heterocycles. The standard InChI is InChI=1S/C9H15BrN4O2S/c1-3-8-13-7(10)6-9(14-8)11-4-5-12-17(2,15)16/h6,12H,3-5H2,1-2H3,(H,11,13,14). The Morgan fingerprint density at radius 2 is 2.06 bits per heavy atom. The summed E-state index contributed by atoms with van der Waals surface area (Å²) in [5.41, 5.74) is 0. The summed E-state index contributed by atoms with van der Waals surface area (Å²) in [4.78, 5) is 8.43. The first kappa shape index (κ1) is 14.3. The summed E-state index contributed by atoms with van der Waals surface area (Å²) in [6.07, 6.45) is 1.87. The Morgan fingerprint density at radius 1 is 1.35 bits per heavy atom. The molecule has 0 unspecified atom stereocenters. The number of rotatable bonds is 6. The van der Waals surface area contributed by atoms with Crippen LogP contribution in [0, 0.1) is 0 Å². The Labute approximate surface area is 109 Å². The number of sulfonamides is 1. The van der Waals surface area contributed by atoms with Crippen LogP contribution in [0.4, 0.5) is 5.82 Å². The minimum absolute atomic E-state index is 0.321. The topological polar surface area (TPSA) is 84.0 Å². The first-order valence-electron chi connectivity index (χ1n) is 5.12. The number of hydrogen-bond acceptors (Lipinski definition) is 5. The summed E-state index contributed by atoms with van der Waals surface area (Å²) in [6, 6.07) is 1.75. The highest BCUT2D eigenvalue weighted by molar-refractivity contribution is 9.10. The molecule has 0 atom stereocenters. The average molecular weight is 323 g/mol. The molecule has 0 radical (unpaired) electrons. The van der Waals surface area contributed by atoms with Crippen molar-refractivity contribution in [1.29, 1.82) is 0 Å². The van der Waals surface area contributed by atoms with Gasteiger partial charge in [0.05, 0.1) is 6.26 Å². The second-order valence-corrected chi connectivity index (χ2v) is 6.08. The molecule has 1 heterocycles. The van der Waals surface area contributed by atoms with Gasteiger partial charge in [-0.25, -0.2) is 23.1 Å². The summed E-state index contributed by atoms with van der Waals surface area (Å²) in [6.45, 7) is 2.76. The quantitative estimate of drug-likeness (QED) is 0.596. The van der Waals surface area contributed by atoms with Crippen molar-refractivity contribution in [3.63, 3.8) is 0 Å². The normalized spacial score (nSPS) is 11.5. The zero-order chi connectivity index (χ0) is 12.9. The zero-order valence-corrected chi connectivity index (χ0v) is 12.1. The minimum atomic E-state index is -3.13. The van der Waals surface area contributed by atoms with E-state index in [9.17, 15) is 8.42 Å². The summed E-state index contributed by atoms with van der Waals surface area (Å²) in [5.74, 6) is 1.41. The van der Waals surface area contributed by atoms with Gasteiger partial charge >= 0.3 is 0 Å². The van der Waals surface area contributed by atoms with Crippen LogP contribution in [0.5, 0.6) is 0 Å². The number of hydrogen-bond donors (Lipinski definition) is 2. The minimum Gasteiger partial charge on any atom is -0.369 e. The molecule has 6 nitrogen and oxygen atoms in total. The molecule has 0 saturated carbocycles. The molecule has 0 spiro atoms. The van der Waals surface area contributed by atoms with Crippen molar-refractivity contribution in [1.82, 2.24) is 14.7 Å². The van der Waals surface area contributed by atoms with Gasteiger partial charge in [-0.15, -0.1) is 0 Å². The lowest BCUT2D eigenvalue weighted by molar-refractivity contribution is 0.589. The van der Waals surface area contributed by atoms with E-state index < -0.39 is 10.0 Å². The van der Waals surface area contributed by atoms with Crippen LogP contribution in [0.1, 0.15) is 12.7 Å². The van der Waals surface area contributed by atoms with Crippen LogP contribution in [0.2, 0.25) is 0 Å². The molecule has 0 amide bonds. The summed E-state index contributed by atoms with van der Waals surface area (Å²) in [7, 11) is -3.13. The van der Waals surface area contributed by atoms with E-state index in [2.05, 4.69) is 35.9 Å². The zero-order valence-electron chi connectivity index (χ0n) is 9.70. The van der Waals surface area contributed by atoms with Gasteiger partial charge in [0.25, 0.3) is 0 Å². The van der Waals surface area contributed by atoms with Crippen LogP contribution >= 0.6 is 15.9 Å².